The Balaban J connectivity index is 2.95. The number of carbonyl (C=O) groups excluding carboxylic acids is 1. The van der Waals surface area contributed by atoms with Gasteiger partial charge in [0.15, 0.2) is 0 Å². The van der Waals surface area contributed by atoms with E-state index < -0.39 is 11.5 Å². The lowest BCUT2D eigenvalue weighted by Gasteiger charge is -2.17. The monoisotopic (exact) mass is 239 g/mol. The molecule has 5 nitrogen and oxygen atoms in total. The van der Waals surface area contributed by atoms with Crippen molar-refractivity contribution in [3.63, 3.8) is 0 Å². The van der Waals surface area contributed by atoms with Crippen LogP contribution in [0.15, 0.2) is 6.07 Å². The van der Waals surface area contributed by atoms with Gasteiger partial charge in [-0.2, -0.15) is 5.10 Å². The van der Waals surface area contributed by atoms with Gasteiger partial charge in [-0.1, -0.05) is 13.3 Å². The normalized spacial score (nSPS) is 11.8. The Bertz CT molecular complexity index is 391. The Labute approximate surface area is 102 Å². The number of amides is 1. The smallest absolute Gasteiger partial charge is 0.269 e. The van der Waals surface area contributed by atoms with Gasteiger partial charge in [0.05, 0.1) is 5.60 Å². The van der Waals surface area contributed by atoms with Gasteiger partial charge in [-0.25, -0.2) is 0 Å². The number of nitrogens with two attached hydrogens (primary N) is 1. The number of nitrogens with zero attached hydrogens (tertiary/aromatic N) is 2. The average Bonchev–Trinajstić information content (AvgIpc) is 2.55. The van der Waals surface area contributed by atoms with Crippen LogP contribution >= 0.6 is 0 Å². The molecule has 5 heteroatoms. The number of unbranched alkanes of at least 4 members (excludes halogenated alkanes) is 1. The van der Waals surface area contributed by atoms with Crippen molar-refractivity contribution in [2.45, 2.75) is 52.2 Å². The maximum absolute atomic E-state index is 11.1. The van der Waals surface area contributed by atoms with Crippen molar-refractivity contribution in [1.29, 1.82) is 0 Å². The lowest BCUT2D eigenvalue weighted by atomic mass is 10.0. The average molecular weight is 239 g/mol. The third kappa shape index (κ3) is 4.19. The Kier molecular flexibility index (Phi) is 4.28. The molecule has 0 aliphatic carbocycles. The molecule has 1 rings (SSSR count). The van der Waals surface area contributed by atoms with Crippen molar-refractivity contribution in [3.05, 3.63) is 17.5 Å². The number of hydrogen-bond acceptors (Lipinski definition) is 3. The second-order valence-corrected chi connectivity index (χ2v) is 4.95. The number of aliphatic hydroxyl groups is 1. The highest BCUT2D eigenvalue weighted by Crippen LogP contribution is 2.14. The van der Waals surface area contributed by atoms with Crippen molar-refractivity contribution in [2.24, 2.45) is 5.73 Å². The van der Waals surface area contributed by atoms with Gasteiger partial charge in [-0.15, -0.1) is 0 Å². The van der Waals surface area contributed by atoms with Crippen LogP contribution in [0.25, 0.3) is 0 Å². The number of primary amides is 1. The van der Waals surface area contributed by atoms with Crippen LogP contribution in [0, 0.1) is 0 Å². The molecule has 1 aromatic rings. The van der Waals surface area contributed by atoms with Crippen molar-refractivity contribution < 1.29 is 9.90 Å². The molecule has 0 fully saturated rings. The van der Waals surface area contributed by atoms with E-state index in [1.807, 2.05) is 0 Å². The van der Waals surface area contributed by atoms with Crippen molar-refractivity contribution >= 4 is 5.91 Å². The molecular weight excluding hydrogens is 218 g/mol. The summed E-state index contributed by atoms with van der Waals surface area (Å²) in [5, 5.41) is 14.0. The summed E-state index contributed by atoms with van der Waals surface area (Å²) in [5.41, 5.74) is 5.50. The molecule has 0 spiro atoms. The van der Waals surface area contributed by atoms with E-state index in [1.165, 1.54) is 0 Å². The Morgan fingerprint density at radius 3 is 2.71 bits per heavy atom. The van der Waals surface area contributed by atoms with E-state index in [0.717, 1.165) is 25.1 Å². The van der Waals surface area contributed by atoms with E-state index in [1.54, 1.807) is 24.6 Å². The highest BCUT2D eigenvalue weighted by molar-refractivity contribution is 5.90. The van der Waals surface area contributed by atoms with E-state index in [0.29, 0.717) is 6.42 Å². The molecule has 1 aromatic heterocycles. The minimum Gasteiger partial charge on any atom is -0.390 e. The Morgan fingerprint density at radius 2 is 2.24 bits per heavy atom. The third-order valence-corrected chi connectivity index (χ3v) is 2.45. The number of carbonyl (C=O) groups is 1. The molecule has 0 saturated heterocycles. The molecule has 0 aliphatic rings. The maximum Gasteiger partial charge on any atom is 0.269 e. The molecule has 0 aromatic carbocycles. The third-order valence-electron chi connectivity index (χ3n) is 2.45. The topological polar surface area (TPSA) is 81.1 Å². The summed E-state index contributed by atoms with van der Waals surface area (Å²) in [6.45, 7) is 6.30. The van der Waals surface area contributed by atoms with E-state index in [9.17, 15) is 9.90 Å². The summed E-state index contributed by atoms with van der Waals surface area (Å²) < 4.78 is 1.77. The predicted molar refractivity (Wildman–Crippen MR) is 65.7 cm³/mol. The van der Waals surface area contributed by atoms with Crippen LogP contribution in [0.4, 0.5) is 0 Å². The number of aryl methyl sites for hydroxylation is 1. The van der Waals surface area contributed by atoms with Gasteiger partial charge in [-0.3, -0.25) is 9.48 Å². The van der Waals surface area contributed by atoms with Gasteiger partial charge in [0, 0.05) is 18.7 Å². The highest BCUT2D eigenvalue weighted by Gasteiger charge is 2.19. The summed E-state index contributed by atoms with van der Waals surface area (Å²) in [6.07, 6.45) is 2.49. The number of hydrogen-bond donors (Lipinski definition) is 2. The first-order chi connectivity index (χ1) is 7.83. The van der Waals surface area contributed by atoms with Gasteiger partial charge >= 0.3 is 0 Å². The Morgan fingerprint density at radius 1 is 1.59 bits per heavy atom. The standard InChI is InChI=1S/C12H21N3O2/c1-4-5-6-15-9(8-12(2,3)17)7-10(14-15)11(13)16/h7,17H,4-6,8H2,1-3H3,(H2,13,16). The summed E-state index contributed by atoms with van der Waals surface area (Å²) in [6, 6.07) is 1.66. The summed E-state index contributed by atoms with van der Waals surface area (Å²) in [4.78, 5) is 11.1. The molecule has 0 atom stereocenters. The lowest BCUT2D eigenvalue weighted by Crippen LogP contribution is -2.24. The first-order valence-electron chi connectivity index (χ1n) is 5.92. The number of rotatable bonds is 6. The van der Waals surface area contributed by atoms with Crippen LogP contribution in [0.2, 0.25) is 0 Å². The molecule has 3 N–H and O–H groups in total. The maximum atomic E-state index is 11.1. The zero-order chi connectivity index (χ0) is 13.1. The van der Waals surface area contributed by atoms with E-state index in [-0.39, 0.29) is 5.69 Å². The fourth-order valence-electron chi connectivity index (χ4n) is 1.66. The lowest BCUT2D eigenvalue weighted by molar-refractivity contribution is 0.0785. The molecule has 0 unspecified atom stereocenters. The van der Waals surface area contributed by atoms with Crippen LogP contribution in [-0.4, -0.2) is 26.4 Å². The van der Waals surface area contributed by atoms with Gasteiger partial charge < -0.3 is 10.8 Å². The molecule has 0 saturated carbocycles. The van der Waals surface area contributed by atoms with Crippen molar-refractivity contribution in [1.82, 2.24) is 9.78 Å². The fourth-order valence-corrected chi connectivity index (χ4v) is 1.66. The van der Waals surface area contributed by atoms with Crippen LogP contribution in [0.5, 0.6) is 0 Å². The predicted octanol–water partition coefficient (Wildman–Crippen LogP) is 1.10. The van der Waals surface area contributed by atoms with E-state index in [4.69, 9.17) is 5.73 Å². The van der Waals surface area contributed by atoms with Crippen molar-refractivity contribution in [2.75, 3.05) is 0 Å². The van der Waals surface area contributed by atoms with Crippen LogP contribution < -0.4 is 5.73 Å². The largest absolute Gasteiger partial charge is 0.390 e. The molecule has 0 radical (unpaired) electrons. The zero-order valence-electron chi connectivity index (χ0n) is 10.7. The van der Waals surface area contributed by atoms with Crippen LogP contribution in [0.1, 0.15) is 49.8 Å². The van der Waals surface area contributed by atoms with E-state index in [2.05, 4.69) is 12.0 Å². The molecule has 0 aliphatic heterocycles. The summed E-state index contributed by atoms with van der Waals surface area (Å²) in [5.74, 6) is -0.530. The quantitative estimate of drug-likeness (QED) is 0.779. The van der Waals surface area contributed by atoms with Gasteiger partial charge in [0.25, 0.3) is 5.91 Å². The highest BCUT2D eigenvalue weighted by atomic mass is 16.3. The first-order valence-corrected chi connectivity index (χ1v) is 5.92. The molecular formula is C12H21N3O2. The zero-order valence-corrected chi connectivity index (χ0v) is 10.7. The van der Waals surface area contributed by atoms with E-state index >= 15 is 0 Å². The fraction of sp³-hybridized carbons (Fsp3) is 0.667. The number of aromatic nitrogens is 2. The second-order valence-electron chi connectivity index (χ2n) is 4.95. The minimum absolute atomic E-state index is 0.264. The van der Waals surface area contributed by atoms with Crippen LogP contribution in [0.3, 0.4) is 0 Å². The summed E-state index contributed by atoms with van der Waals surface area (Å²) >= 11 is 0. The minimum atomic E-state index is -0.821. The van der Waals surface area contributed by atoms with Crippen molar-refractivity contribution in [3.8, 4) is 0 Å². The summed E-state index contributed by atoms with van der Waals surface area (Å²) in [7, 11) is 0. The second kappa shape index (κ2) is 5.31. The molecule has 96 valence electrons. The SMILES string of the molecule is CCCCn1nc(C(N)=O)cc1CC(C)(C)O. The first kappa shape index (κ1) is 13.7. The molecule has 1 amide bonds. The molecule has 17 heavy (non-hydrogen) atoms. The molecule has 0 bridgehead atoms. The van der Waals surface area contributed by atoms with Gasteiger partial charge in [-0.05, 0) is 26.3 Å². The Hall–Kier alpha value is -1.36. The van der Waals surface area contributed by atoms with Gasteiger partial charge in [0.2, 0.25) is 0 Å². The van der Waals surface area contributed by atoms with Crippen LogP contribution in [-0.2, 0) is 13.0 Å². The molecule has 1 heterocycles. The van der Waals surface area contributed by atoms with Gasteiger partial charge in [0.1, 0.15) is 5.69 Å².